The van der Waals surface area contributed by atoms with E-state index in [4.69, 9.17) is 14.6 Å². The van der Waals surface area contributed by atoms with E-state index >= 15 is 0 Å². The number of carbonyl (C=O) groups is 2. The average Bonchev–Trinajstić information content (AvgIpc) is 3.37. The zero-order valence-electron chi connectivity index (χ0n) is 24.7. The molecule has 0 radical (unpaired) electrons. The van der Waals surface area contributed by atoms with Gasteiger partial charge in [-0.05, 0) is 61.4 Å². The highest BCUT2D eigenvalue weighted by atomic mass is 16.5. The van der Waals surface area contributed by atoms with E-state index in [-0.39, 0.29) is 30.6 Å². The maximum atomic E-state index is 13.9. The number of carboxylic acids is 1. The first-order chi connectivity index (χ1) is 20.9. The third-order valence-electron chi connectivity index (χ3n) is 9.00. The monoisotopic (exact) mass is 584 g/mol. The van der Waals surface area contributed by atoms with Gasteiger partial charge in [-0.2, -0.15) is 0 Å². The number of likely N-dealkylation sites (tertiary alicyclic amines) is 1. The Morgan fingerprint density at radius 1 is 0.953 bits per heavy atom. The number of aliphatic carboxylic acids is 1. The molecule has 3 aromatic rings. The van der Waals surface area contributed by atoms with Gasteiger partial charge < -0.3 is 24.4 Å². The normalized spacial score (nSPS) is 20.5. The third kappa shape index (κ3) is 6.84. The second-order valence-electron chi connectivity index (χ2n) is 11.8. The van der Waals surface area contributed by atoms with Crippen molar-refractivity contribution in [2.24, 2.45) is 0 Å². The van der Waals surface area contributed by atoms with Gasteiger partial charge in [0, 0.05) is 63.2 Å². The number of carbonyl (C=O) groups excluding carboxylic acids is 1. The predicted octanol–water partition coefficient (Wildman–Crippen LogP) is 5.43. The number of aryl methyl sites for hydroxylation is 1. The zero-order chi connectivity index (χ0) is 29.8. The molecule has 1 N–H and O–H groups in total. The van der Waals surface area contributed by atoms with Crippen LogP contribution in [0.4, 0.5) is 4.79 Å². The molecule has 1 atom stereocenters. The van der Waals surface area contributed by atoms with Crippen LogP contribution >= 0.6 is 0 Å². The van der Waals surface area contributed by atoms with Crippen LogP contribution in [0.1, 0.15) is 54.1 Å². The summed E-state index contributed by atoms with van der Waals surface area (Å²) < 4.78 is 11.5. The minimum Gasteiger partial charge on any atom is -0.481 e. The van der Waals surface area contributed by atoms with Crippen molar-refractivity contribution in [3.63, 3.8) is 0 Å². The molecule has 43 heavy (non-hydrogen) atoms. The molecular weight excluding hydrogens is 544 g/mol. The number of hydrogen-bond donors (Lipinski definition) is 1. The van der Waals surface area contributed by atoms with Crippen LogP contribution in [0.3, 0.4) is 0 Å². The molecule has 0 aliphatic carbocycles. The highest BCUT2D eigenvalue weighted by Crippen LogP contribution is 2.37. The number of rotatable bonds is 9. The van der Waals surface area contributed by atoms with Crippen LogP contribution in [0.5, 0.6) is 11.6 Å². The number of amides is 2. The van der Waals surface area contributed by atoms with E-state index in [0.29, 0.717) is 11.6 Å². The number of pyridine rings is 1. The van der Waals surface area contributed by atoms with E-state index < -0.39 is 5.97 Å². The number of urea groups is 1. The van der Waals surface area contributed by atoms with Gasteiger partial charge in [0.25, 0.3) is 0 Å². The SMILES string of the molecule is Cc1nc(Oc2ccc(CC(=O)O)cc2)ccc1CN1CCC(N2C(=O)N(C3CCOCC3)C[C@H]2c2ccccc2)CC1. The number of nitrogens with zero attached hydrogens (tertiary/aromatic N) is 4. The fraction of sp³-hybridized carbons (Fsp3) is 0.441. The van der Waals surface area contributed by atoms with Crippen molar-refractivity contribution in [2.75, 3.05) is 32.8 Å². The minimum atomic E-state index is -0.857. The smallest absolute Gasteiger partial charge is 0.321 e. The summed E-state index contributed by atoms with van der Waals surface area (Å²) in [7, 11) is 0. The summed E-state index contributed by atoms with van der Waals surface area (Å²) in [6, 6.07) is 22.3. The van der Waals surface area contributed by atoms with Crippen molar-refractivity contribution in [1.29, 1.82) is 0 Å². The van der Waals surface area contributed by atoms with E-state index in [9.17, 15) is 9.59 Å². The number of carboxylic acid groups (broad SMARTS) is 1. The summed E-state index contributed by atoms with van der Waals surface area (Å²) in [5.74, 6) is 0.278. The van der Waals surface area contributed by atoms with Crippen LogP contribution in [-0.4, -0.2) is 81.7 Å². The number of benzene rings is 2. The number of ether oxygens (including phenoxy) is 2. The first-order valence-corrected chi connectivity index (χ1v) is 15.3. The Bertz CT molecular complexity index is 1400. The van der Waals surface area contributed by atoms with Crippen LogP contribution in [0.25, 0.3) is 0 Å². The topological polar surface area (TPSA) is 95.4 Å². The Hall–Kier alpha value is -3.95. The second-order valence-corrected chi connectivity index (χ2v) is 11.8. The standard InChI is InChI=1S/C34H40N4O5/c1-24-27(9-12-32(35-24)43-30-10-7-25(8-11-30)21-33(39)40)22-36-17-13-29(14-18-36)38-31(26-5-3-2-4-6-26)23-37(34(38)41)28-15-19-42-20-16-28/h2-12,28-29,31H,13-23H2,1H3,(H,39,40)/t31-/m0/s1. The summed E-state index contributed by atoms with van der Waals surface area (Å²) in [5.41, 5.74) is 4.03. The summed E-state index contributed by atoms with van der Waals surface area (Å²) in [5, 5.41) is 8.96. The van der Waals surface area contributed by atoms with Crippen molar-refractivity contribution < 1.29 is 24.2 Å². The number of hydrogen-bond acceptors (Lipinski definition) is 6. The van der Waals surface area contributed by atoms with Crippen molar-refractivity contribution in [3.05, 3.63) is 89.1 Å². The van der Waals surface area contributed by atoms with Gasteiger partial charge in [-0.3, -0.25) is 9.69 Å². The Balaban J connectivity index is 1.07. The van der Waals surface area contributed by atoms with Gasteiger partial charge in [-0.25, -0.2) is 9.78 Å². The molecule has 0 saturated carbocycles. The lowest BCUT2D eigenvalue weighted by atomic mass is 9.98. The molecular formula is C34H40N4O5. The van der Waals surface area contributed by atoms with Crippen LogP contribution in [0.15, 0.2) is 66.7 Å². The molecule has 226 valence electrons. The molecule has 3 fully saturated rings. The van der Waals surface area contributed by atoms with Gasteiger partial charge in [0.15, 0.2) is 0 Å². The molecule has 4 heterocycles. The van der Waals surface area contributed by atoms with Crippen molar-refractivity contribution in [3.8, 4) is 11.6 Å². The molecule has 0 bridgehead atoms. The fourth-order valence-electron chi connectivity index (χ4n) is 6.65. The van der Waals surface area contributed by atoms with Crippen molar-refractivity contribution >= 4 is 12.0 Å². The summed E-state index contributed by atoms with van der Waals surface area (Å²) in [6.07, 6.45) is 3.70. The maximum Gasteiger partial charge on any atom is 0.321 e. The molecule has 1 aromatic heterocycles. The summed E-state index contributed by atoms with van der Waals surface area (Å²) >= 11 is 0. The van der Waals surface area contributed by atoms with Crippen LogP contribution in [0, 0.1) is 6.92 Å². The van der Waals surface area contributed by atoms with E-state index in [1.54, 1.807) is 24.3 Å². The molecule has 3 saturated heterocycles. The van der Waals surface area contributed by atoms with Crippen molar-refractivity contribution in [1.82, 2.24) is 19.7 Å². The molecule has 9 heteroatoms. The fourth-order valence-corrected chi connectivity index (χ4v) is 6.65. The Morgan fingerprint density at radius 3 is 2.35 bits per heavy atom. The molecule has 0 unspecified atom stereocenters. The van der Waals surface area contributed by atoms with Gasteiger partial charge in [0.2, 0.25) is 5.88 Å². The third-order valence-corrected chi connectivity index (χ3v) is 9.00. The lowest BCUT2D eigenvalue weighted by Crippen LogP contribution is -2.48. The molecule has 3 aliphatic rings. The van der Waals surface area contributed by atoms with E-state index in [2.05, 4.69) is 50.0 Å². The first-order valence-electron chi connectivity index (χ1n) is 15.3. The number of aromatic nitrogens is 1. The van der Waals surface area contributed by atoms with E-state index in [1.807, 2.05) is 19.1 Å². The number of piperidine rings is 1. The van der Waals surface area contributed by atoms with Gasteiger partial charge in [0.1, 0.15) is 5.75 Å². The Kier molecular flexibility index (Phi) is 8.90. The molecule has 2 aromatic carbocycles. The maximum absolute atomic E-state index is 13.9. The minimum absolute atomic E-state index is 0.0136. The molecule has 6 rings (SSSR count). The Morgan fingerprint density at radius 2 is 1.67 bits per heavy atom. The molecule has 3 aliphatic heterocycles. The van der Waals surface area contributed by atoms with E-state index in [1.165, 1.54) is 5.56 Å². The van der Waals surface area contributed by atoms with Crippen LogP contribution in [-0.2, 0) is 22.5 Å². The highest BCUT2D eigenvalue weighted by molar-refractivity contribution is 5.78. The summed E-state index contributed by atoms with van der Waals surface area (Å²) in [6.45, 7) is 6.86. The largest absolute Gasteiger partial charge is 0.481 e. The van der Waals surface area contributed by atoms with Crippen LogP contribution < -0.4 is 4.74 Å². The molecule has 9 nitrogen and oxygen atoms in total. The van der Waals surface area contributed by atoms with Gasteiger partial charge in [0.05, 0.1) is 12.5 Å². The lowest BCUT2D eigenvalue weighted by molar-refractivity contribution is -0.136. The molecule has 2 amide bonds. The van der Waals surface area contributed by atoms with Gasteiger partial charge in [-0.1, -0.05) is 48.5 Å². The van der Waals surface area contributed by atoms with Crippen LogP contribution in [0.2, 0.25) is 0 Å². The lowest BCUT2D eigenvalue weighted by Gasteiger charge is -2.39. The predicted molar refractivity (Wildman–Crippen MR) is 162 cm³/mol. The van der Waals surface area contributed by atoms with Gasteiger partial charge >= 0.3 is 12.0 Å². The average molecular weight is 585 g/mol. The molecule has 0 spiro atoms. The first kappa shape index (κ1) is 29.1. The quantitative estimate of drug-likeness (QED) is 0.358. The van der Waals surface area contributed by atoms with Gasteiger partial charge in [-0.15, -0.1) is 0 Å². The Labute approximate surface area is 253 Å². The second kappa shape index (κ2) is 13.1. The summed E-state index contributed by atoms with van der Waals surface area (Å²) in [4.78, 5) is 36.2. The zero-order valence-corrected chi connectivity index (χ0v) is 24.7. The van der Waals surface area contributed by atoms with E-state index in [0.717, 1.165) is 81.9 Å². The van der Waals surface area contributed by atoms with Crippen molar-refractivity contribution in [2.45, 2.75) is 63.7 Å². The highest BCUT2D eigenvalue weighted by Gasteiger charge is 2.45.